The minimum absolute atomic E-state index is 0.184. The van der Waals surface area contributed by atoms with Gasteiger partial charge in [-0.3, -0.25) is 49.8 Å². The fourth-order valence-corrected chi connectivity index (χ4v) is 21.7. The Balaban J connectivity index is 0.000000126. The number of rotatable bonds is 15. The molecule has 10 aromatic carbocycles. The highest BCUT2D eigenvalue weighted by Crippen LogP contribution is 2.45. The first-order valence-corrected chi connectivity index (χ1v) is 52.4. The highest BCUT2D eigenvalue weighted by Gasteiger charge is 2.33. The van der Waals surface area contributed by atoms with Gasteiger partial charge in [0.25, 0.3) is 0 Å². The molecule has 0 radical (unpaired) electrons. The average molecular weight is 1950 g/mol. The molecular weight excluding hydrogens is 1810 g/mol. The molecule has 0 amide bonds. The van der Waals surface area contributed by atoms with Crippen LogP contribution in [0.15, 0.2) is 275 Å². The van der Waals surface area contributed by atoms with Crippen LogP contribution in [0.25, 0.3) is 166 Å². The molecule has 15 heteroatoms. The van der Waals surface area contributed by atoms with Crippen molar-refractivity contribution in [2.45, 2.75) is 210 Å². The summed E-state index contributed by atoms with van der Waals surface area (Å²) in [5.41, 5.74) is 47.3. The summed E-state index contributed by atoms with van der Waals surface area (Å²) in [6, 6.07) is 65.4. The quantitative estimate of drug-likeness (QED) is 0.0908. The fraction of sp³-hybridized carbons (Fsp3) is 0.286. The van der Waals surface area contributed by atoms with Gasteiger partial charge in [-0.2, -0.15) is 22.8 Å². The van der Waals surface area contributed by atoms with E-state index in [0.29, 0.717) is 17.8 Å². The Labute approximate surface area is 876 Å². The molecule has 0 bridgehead atoms. The van der Waals surface area contributed by atoms with Crippen LogP contribution >= 0.6 is 0 Å². The predicted octanol–water partition coefficient (Wildman–Crippen LogP) is 29.4. The van der Waals surface area contributed by atoms with Gasteiger partial charge in [0.05, 0.1) is 144 Å². The predicted molar refractivity (Wildman–Crippen MR) is 611 cm³/mol. The summed E-state index contributed by atoms with van der Waals surface area (Å²) in [7, 11) is 10.6. The van der Waals surface area contributed by atoms with E-state index in [4.69, 9.17) is 44.9 Å². The molecule has 0 aliphatic heterocycles. The maximum Gasteiger partial charge on any atom is 0.222 e. The summed E-state index contributed by atoms with van der Waals surface area (Å²) >= 11 is 0. The van der Waals surface area contributed by atoms with E-state index in [1.807, 2.05) is 68.9 Å². The smallest absolute Gasteiger partial charge is 0.222 e. The van der Waals surface area contributed by atoms with Crippen LogP contribution in [0.5, 0.6) is 0 Å². The molecule has 0 saturated heterocycles. The third-order valence-corrected chi connectivity index (χ3v) is 29.6. The molecule has 20 aromatic rings. The molecule has 1 aliphatic rings. The number of hydrogen-bond donors (Lipinski definition) is 0. The molecule has 0 spiro atoms. The number of aromatic nitrogens is 15. The van der Waals surface area contributed by atoms with Gasteiger partial charge >= 0.3 is 0 Å². The topological polar surface area (TPSA) is 148 Å². The highest BCUT2D eigenvalue weighted by atomic mass is 15.0. The van der Waals surface area contributed by atoms with Gasteiger partial charge in [0.2, 0.25) is 28.5 Å². The molecule has 1 aliphatic carbocycles. The zero-order chi connectivity index (χ0) is 105. The molecular formula is C133H144N15+5. The first kappa shape index (κ1) is 104. The third-order valence-electron chi connectivity index (χ3n) is 29.6. The summed E-state index contributed by atoms with van der Waals surface area (Å²) in [5.74, 6) is 1.50. The summed E-state index contributed by atoms with van der Waals surface area (Å²) in [6.07, 6.45) is 37.4. The molecule has 0 unspecified atom stereocenters. The molecule has 148 heavy (non-hydrogen) atoms. The second-order valence-electron chi connectivity index (χ2n) is 43.5. The number of nitrogens with zero attached hydrogens (tertiary/aromatic N) is 15. The Morgan fingerprint density at radius 3 is 0.791 bits per heavy atom. The van der Waals surface area contributed by atoms with Gasteiger partial charge < -0.3 is 0 Å². The van der Waals surface area contributed by atoms with Gasteiger partial charge in [-0.05, 0) is 270 Å². The molecule has 746 valence electrons. The number of aryl methyl sites for hydroxylation is 16. The van der Waals surface area contributed by atoms with Crippen molar-refractivity contribution in [2.24, 2.45) is 46.6 Å². The standard InChI is InChI=1S/C28H30N3.C28H32N3.C27H30N3.C26H28N3.C24H24N3/c1-18-13-19(2)20(3)24(14-18)28-27(23-12-8-7-11-22(23)17-31(28)4)26-16-29-25(15-30-26)21-9-5-6-10-21;1-18-12-19(2)20(3)24(13-18)27-26(23-11-9-8-10-21(23)17-31(27)7)25-16-29-22(15-30-25)14-28(4,5)6;1-17(2)11-22-14-29-25(15-28-22)26-23-10-8-7-9-21(23)16-30(6)27(26)24-13-18(3)12-19(4)20(24)5;1-16(2)23-13-28-24(14-27-23)25-21-10-8-7-9-20(21)15-29(6)26(25)22-12-17(3)11-18(4)19(22)5;1-15-10-16(2)18(4)21(11-15)24-23(22-13-25-17(3)12-26-22)20-9-7-6-8-19(20)14-27(24)5/h7-8,11-17,21H,5-6,9-10H2,1-4H3;8-13,15-17H,14H2,1-7H3;7-10,12-17H,11H2,1-6H3;7-16H,1-6H3;6-14H,1-5H3/q5*+1. The third kappa shape index (κ3) is 22.3. The lowest BCUT2D eigenvalue weighted by Crippen LogP contribution is -2.32. The first-order chi connectivity index (χ1) is 70.8. The Bertz CT molecular complexity index is 8400. The van der Waals surface area contributed by atoms with Gasteiger partial charge in [0.15, 0.2) is 31.0 Å². The van der Waals surface area contributed by atoms with Crippen LogP contribution in [-0.4, -0.2) is 49.8 Å². The SMILES string of the molecule is Cc1cc(C)c(C)c(-c2c(-c3cnc(C(C)C)cn3)c3ccccc3c[n+]2C)c1.Cc1cc(C)c(C)c(-c2c(-c3cnc(C)cn3)c3ccccc3c[n+]2C)c1.Cc1cc(C)c(C)c(-c2c(-c3cnc(C4CCCC4)cn3)c3ccccc3c[n+]2C)c1.Cc1cc(C)c(C)c(-c2c(-c3cnc(CC(C)(C)C)cn3)c3ccccc3c[n+]2C)c1.Cc1cc(C)c(C)c(-c2c(-c3cnc(CC(C)C)cn3)c3ccccc3c[n+]2C)c1. The average Bonchev–Trinajstić information content (AvgIpc) is 0.781. The number of benzene rings is 10. The molecule has 21 rings (SSSR count). The number of hydrogen-bond acceptors (Lipinski definition) is 10. The van der Waals surface area contributed by atoms with E-state index in [2.05, 4.69) is 428 Å². The molecule has 0 N–H and O–H groups in total. The summed E-state index contributed by atoms with van der Waals surface area (Å²) in [6.45, 7) is 50.2. The minimum Gasteiger partial charge on any atom is -0.258 e. The second-order valence-corrected chi connectivity index (χ2v) is 43.5. The van der Waals surface area contributed by atoms with Crippen molar-refractivity contribution in [3.8, 4) is 113 Å². The van der Waals surface area contributed by atoms with Gasteiger partial charge in [-0.15, -0.1) is 0 Å². The Morgan fingerprint density at radius 2 is 0.547 bits per heavy atom. The summed E-state index contributed by atoms with van der Waals surface area (Å²) in [5, 5.41) is 12.0. The van der Waals surface area contributed by atoms with Crippen molar-refractivity contribution in [3.05, 3.63) is 387 Å². The van der Waals surface area contributed by atoms with Crippen LogP contribution < -0.4 is 22.8 Å². The molecule has 10 heterocycles. The van der Waals surface area contributed by atoms with Crippen molar-refractivity contribution in [3.63, 3.8) is 0 Å². The van der Waals surface area contributed by atoms with Crippen molar-refractivity contribution < 1.29 is 22.8 Å². The summed E-state index contributed by atoms with van der Waals surface area (Å²) < 4.78 is 11.2. The van der Waals surface area contributed by atoms with Gasteiger partial charge in [-0.1, -0.05) is 210 Å². The minimum atomic E-state index is 0.184. The van der Waals surface area contributed by atoms with Crippen LogP contribution in [0.2, 0.25) is 0 Å². The van der Waals surface area contributed by atoms with E-state index in [-0.39, 0.29) is 5.41 Å². The second kappa shape index (κ2) is 44.1. The van der Waals surface area contributed by atoms with E-state index >= 15 is 0 Å². The van der Waals surface area contributed by atoms with Crippen LogP contribution in [0.1, 0.15) is 198 Å². The van der Waals surface area contributed by atoms with Crippen LogP contribution in [0.3, 0.4) is 0 Å². The van der Waals surface area contributed by atoms with E-state index in [0.717, 1.165) is 92.0 Å². The molecule has 15 nitrogen and oxygen atoms in total. The van der Waals surface area contributed by atoms with Crippen LogP contribution in [0, 0.1) is 122 Å². The van der Waals surface area contributed by atoms with E-state index in [1.165, 1.54) is 225 Å². The number of pyridine rings is 5. The summed E-state index contributed by atoms with van der Waals surface area (Å²) in [4.78, 5) is 48.0. The van der Waals surface area contributed by atoms with Crippen molar-refractivity contribution in [1.29, 1.82) is 0 Å². The van der Waals surface area contributed by atoms with Gasteiger partial charge in [-0.25, -0.2) is 0 Å². The Hall–Kier alpha value is -15.4. The van der Waals surface area contributed by atoms with Gasteiger partial charge in [0, 0.05) is 90.8 Å². The molecule has 0 atom stereocenters. The highest BCUT2D eigenvalue weighted by molar-refractivity contribution is 6.05. The Morgan fingerprint density at radius 1 is 0.284 bits per heavy atom. The van der Waals surface area contributed by atoms with Gasteiger partial charge in [0.1, 0.15) is 35.2 Å². The van der Waals surface area contributed by atoms with Crippen LogP contribution in [0.4, 0.5) is 0 Å². The van der Waals surface area contributed by atoms with Crippen molar-refractivity contribution >= 4 is 53.9 Å². The maximum absolute atomic E-state index is 4.97. The maximum atomic E-state index is 4.97. The molecule has 1 fully saturated rings. The first-order valence-electron chi connectivity index (χ1n) is 52.4. The van der Waals surface area contributed by atoms with E-state index < -0.39 is 0 Å². The zero-order valence-corrected chi connectivity index (χ0v) is 92.2. The van der Waals surface area contributed by atoms with E-state index in [9.17, 15) is 0 Å². The monoisotopic (exact) mass is 1950 g/mol. The molecule has 10 aromatic heterocycles. The normalized spacial score (nSPS) is 12.1. The molecule has 1 saturated carbocycles. The fourth-order valence-electron chi connectivity index (χ4n) is 21.7. The number of fused-ring (bicyclic) bond motifs is 5. The zero-order valence-electron chi connectivity index (χ0n) is 92.2. The lowest BCUT2D eigenvalue weighted by molar-refractivity contribution is -0.658. The van der Waals surface area contributed by atoms with E-state index in [1.54, 1.807) is 0 Å². The van der Waals surface area contributed by atoms with Crippen LogP contribution in [-0.2, 0) is 48.1 Å². The Kier molecular flexibility index (Phi) is 31.0. The lowest BCUT2D eigenvalue weighted by atomic mass is 9.90. The van der Waals surface area contributed by atoms with Crippen molar-refractivity contribution in [1.82, 2.24) is 49.8 Å². The van der Waals surface area contributed by atoms with Crippen molar-refractivity contribution in [2.75, 3.05) is 0 Å². The lowest BCUT2D eigenvalue weighted by Gasteiger charge is -2.17. The largest absolute Gasteiger partial charge is 0.258 e.